The van der Waals surface area contributed by atoms with Gasteiger partial charge in [0.1, 0.15) is 11.5 Å². The van der Waals surface area contributed by atoms with Crippen molar-refractivity contribution in [1.29, 1.82) is 0 Å². The highest BCUT2D eigenvalue weighted by atomic mass is 35.5. The number of benzene rings is 3. The van der Waals surface area contributed by atoms with E-state index >= 15 is 0 Å². The van der Waals surface area contributed by atoms with E-state index in [1.807, 2.05) is 37.3 Å². The number of nitrogens with zero attached hydrogens (tertiary/aromatic N) is 1. The van der Waals surface area contributed by atoms with Gasteiger partial charge in [-0.25, -0.2) is 0 Å². The summed E-state index contributed by atoms with van der Waals surface area (Å²) < 4.78 is 5.77. The van der Waals surface area contributed by atoms with Crippen LogP contribution in [0, 0.1) is 0 Å². The molecule has 36 heavy (non-hydrogen) atoms. The summed E-state index contributed by atoms with van der Waals surface area (Å²) in [5, 5.41) is 11.7. The van der Waals surface area contributed by atoms with Crippen molar-refractivity contribution in [3.05, 3.63) is 100 Å². The SMILES string of the molecule is CCCOc1cccc(N2C(=O)C(=O)/C(=C(/O)c3cccc(Cl)c3)C2c2ccc(C(C)(C)C)cc2)c1. The molecular formula is C30H30ClNO4. The summed E-state index contributed by atoms with van der Waals surface area (Å²) in [4.78, 5) is 28.2. The first-order valence-electron chi connectivity index (χ1n) is 12.0. The van der Waals surface area contributed by atoms with Gasteiger partial charge in [-0.05, 0) is 47.2 Å². The molecule has 1 aliphatic heterocycles. The van der Waals surface area contributed by atoms with Crippen LogP contribution < -0.4 is 9.64 Å². The number of halogens is 1. The Morgan fingerprint density at radius 1 is 1.00 bits per heavy atom. The van der Waals surface area contributed by atoms with Crippen LogP contribution in [0.2, 0.25) is 5.02 Å². The van der Waals surface area contributed by atoms with E-state index in [-0.39, 0.29) is 16.7 Å². The highest BCUT2D eigenvalue weighted by molar-refractivity contribution is 6.51. The molecule has 1 heterocycles. The number of rotatable bonds is 6. The molecule has 3 aromatic rings. The van der Waals surface area contributed by atoms with Crippen molar-refractivity contribution < 1.29 is 19.4 Å². The van der Waals surface area contributed by atoms with E-state index in [9.17, 15) is 14.7 Å². The highest BCUT2D eigenvalue weighted by Crippen LogP contribution is 2.43. The van der Waals surface area contributed by atoms with Gasteiger partial charge in [-0.15, -0.1) is 0 Å². The lowest BCUT2D eigenvalue weighted by atomic mass is 9.85. The molecule has 0 saturated carbocycles. The second-order valence-electron chi connectivity index (χ2n) is 9.90. The molecular weight excluding hydrogens is 474 g/mol. The number of carbonyl (C=O) groups is 2. The minimum atomic E-state index is -0.820. The lowest BCUT2D eigenvalue weighted by Gasteiger charge is -2.27. The van der Waals surface area contributed by atoms with E-state index in [0.29, 0.717) is 34.2 Å². The fraction of sp³-hybridized carbons (Fsp3) is 0.267. The summed E-state index contributed by atoms with van der Waals surface area (Å²) in [5.74, 6) is -1.12. The maximum absolute atomic E-state index is 13.4. The molecule has 1 unspecified atom stereocenters. The average Bonchev–Trinajstić information content (AvgIpc) is 3.12. The Morgan fingerprint density at radius 3 is 2.33 bits per heavy atom. The minimum absolute atomic E-state index is 0.0191. The van der Waals surface area contributed by atoms with Crippen molar-refractivity contribution in [3.8, 4) is 5.75 Å². The number of ether oxygens (including phenoxy) is 1. The number of amides is 1. The summed E-state index contributed by atoms with van der Waals surface area (Å²) in [7, 11) is 0. The molecule has 0 aromatic heterocycles. The number of aliphatic hydroxyl groups excluding tert-OH is 1. The van der Waals surface area contributed by atoms with Crippen LogP contribution in [-0.2, 0) is 15.0 Å². The Hall–Kier alpha value is -3.57. The number of ketones is 1. The van der Waals surface area contributed by atoms with Crippen molar-refractivity contribution in [2.24, 2.45) is 0 Å². The fourth-order valence-electron chi connectivity index (χ4n) is 4.31. The second kappa shape index (κ2) is 10.2. The number of hydrogen-bond donors (Lipinski definition) is 1. The first kappa shape index (κ1) is 25.5. The maximum atomic E-state index is 13.4. The second-order valence-corrected chi connectivity index (χ2v) is 10.3. The molecule has 0 bridgehead atoms. The number of aliphatic hydroxyl groups is 1. The summed E-state index contributed by atoms with van der Waals surface area (Å²) in [6.45, 7) is 8.91. The van der Waals surface area contributed by atoms with Gasteiger partial charge in [-0.1, -0.05) is 81.8 Å². The minimum Gasteiger partial charge on any atom is -0.507 e. The molecule has 1 atom stereocenters. The van der Waals surface area contributed by atoms with E-state index in [2.05, 4.69) is 20.8 Å². The largest absolute Gasteiger partial charge is 0.507 e. The average molecular weight is 504 g/mol. The Kier molecular flexibility index (Phi) is 7.23. The predicted molar refractivity (Wildman–Crippen MR) is 144 cm³/mol. The highest BCUT2D eigenvalue weighted by Gasteiger charge is 2.47. The van der Waals surface area contributed by atoms with Crippen LogP contribution >= 0.6 is 11.6 Å². The van der Waals surface area contributed by atoms with Crippen LogP contribution in [0.15, 0.2) is 78.4 Å². The van der Waals surface area contributed by atoms with Crippen LogP contribution in [0.1, 0.15) is 56.8 Å². The van der Waals surface area contributed by atoms with Gasteiger partial charge in [0.05, 0.1) is 18.2 Å². The van der Waals surface area contributed by atoms with Crippen molar-refractivity contribution in [3.63, 3.8) is 0 Å². The zero-order valence-electron chi connectivity index (χ0n) is 20.9. The normalized spacial score (nSPS) is 17.5. The van der Waals surface area contributed by atoms with E-state index in [0.717, 1.165) is 12.0 Å². The van der Waals surface area contributed by atoms with Gasteiger partial charge in [0.25, 0.3) is 11.7 Å². The summed E-state index contributed by atoms with van der Waals surface area (Å²) in [5.41, 5.74) is 2.67. The van der Waals surface area contributed by atoms with Gasteiger partial charge in [-0.3, -0.25) is 14.5 Å². The Balaban J connectivity index is 1.90. The molecule has 1 amide bonds. The molecule has 1 saturated heterocycles. The van der Waals surface area contributed by atoms with Crippen molar-refractivity contribution in [2.45, 2.75) is 45.6 Å². The van der Waals surface area contributed by atoms with Crippen LogP contribution in [0.3, 0.4) is 0 Å². The summed E-state index contributed by atoms with van der Waals surface area (Å²) in [6.07, 6.45) is 0.842. The topological polar surface area (TPSA) is 66.8 Å². The Morgan fingerprint density at radius 2 is 1.69 bits per heavy atom. The van der Waals surface area contributed by atoms with Gasteiger partial charge in [0.15, 0.2) is 0 Å². The van der Waals surface area contributed by atoms with E-state index in [4.69, 9.17) is 16.3 Å². The van der Waals surface area contributed by atoms with Crippen molar-refractivity contribution in [1.82, 2.24) is 0 Å². The smallest absolute Gasteiger partial charge is 0.300 e. The molecule has 3 aromatic carbocycles. The first-order valence-corrected chi connectivity index (χ1v) is 12.4. The Labute approximate surface area is 217 Å². The molecule has 5 nitrogen and oxygen atoms in total. The van der Waals surface area contributed by atoms with Crippen LogP contribution in [0.4, 0.5) is 5.69 Å². The third-order valence-corrected chi connectivity index (χ3v) is 6.44. The van der Waals surface area contributed by atoms with E-state index < -0.39 is 17.7 Å². The fourth-order valence-corrected chi connectivity index (χ4v) is 4.50. The molecule has 1 fully saturated rings. The third kappa shape index (κ3) is 5.02. The maximum Gasteiger partial charge on any atom is 0.300 e. The monoisotopic (exact) mass is 503 g/mol. The molecule has 0 radical (unpaired) electrons. The molecule has 6 heteroatoms. The third-order valence-electron chi connectivity index (χ3n) is 6.20. The molecule has 186 valence electrons. The quantitative estimate of drug-likeness (QED) is 0.222. The van der Waals surface area contributed by atoms with E-state index in [1.54, 1.807) is 42.5 Å². The lowest BCUT2D eigenvalue weighted by molar-refractivity contribution is -0.132. The van der Waals surface area contributed by atoms with E-state index in [1.165, 1.54) is 4.90 Å². The molecule has 0 aliphatic carbocycles. The number of anilines is 1. The zero-order valence-corrected chi connectivity index (χ0v) is 21.7. The predicted octanol–water partition coefficient (Wildman–Crippen LogP) is 7.05. The van der Waals surface area contributed by atoms with Gasteiger partial charge in [0, 0.05) is 22.3 Å². The van der Waals surface area contributed by atoms with Crippen molar-refractivity contribution >= 4 is 34.7 Å². The first-order chi connectivity index (χ1) is 17.1. The molecule has 1 N–H and O–H groups in total. The number of hydrogen-bond acceptors (Lipinski definition) is 4. The van der Waals surface area contributed by atoms with Gasteiger partial charge in [0.2, 0.25) is 0 Å². The summed E-state index contributed by atoms with van der Waals surface area (Å²) >= 11 is 6.15. The lowest BCUT2D eigenvalue weighted by Crippen LogP contribution is -2.29. The molecule has 1 aliphatic rings. The zero-order chi connectivity index (χ0) is 26.0. The van der Waals surface area contributed by atoms with Crippen molar-refractivity contribution in [2.75, 3.05) is 11.5 Å². The number of carbonyl (C=O) groups excluding carboxylic acids is 2. The standard InChI is InChI=1S/C30H30ClNO4/c1-5-16-36-24-11-7-10-23(18-24)32-26(19-12-14-21(15-13-19)30(2,3)4)25(28(34)29(32)35)27(33)20-8-6-9-22(31)17-20/h6-15,17-18,26,33H,5,16H2,1-4H3/b27-25+. The van der Waals surface area contributed by atoms with Crippen LogP contribution in [0.25, 0.3) is 5.76 Å². The summed E-state index contributed by atoms with van der Waals surface area (Å²) in [6, 6.07) is 20.7. The molecule has 4 rings (SSSR count). The van der Waals surface area contributed by atoms with Gasteiger partial charge in [-0.2, -0.15) is 0 Å². The van der Waals surface area contributed by atoms with Crippen LogP contribution in [-0.4, -0.2) is 23.4 Å². The van der Waals surface area contributed by atoms with Gasteiger partial charge >= 0.3 is 0 Å². The number of Topliss-reactive ketones (excluding diaryl/α,β-unsaturated/α-hetero) is 1. The molecule has 0 spiro atoms. The Bertz CT molecular complexity index is 1320. The van der Waals surface area contributed by atoms with Crippen LogP contribution in [0.5, 0.6) is 5.75 Å². The van der Waals surface area contributed by atoms with Gasteiger partial charge < -0.3 is 9.84 Å².